The van der Waals surface area contributed by atoms with Gasteiger partial charge in [-0.2, -0.15) is 5.26 Å². The largest absolute Gasteiger partial charge is 0.376 e. The molecule has 0 bridgehead atoms. The van der Waals surface area contributed by atoms with Gasteiger partial charge in [0.25, 0.3) is 6.43 Å². The molecule has 0 aromatic heterocycles. The molecule has 0 radical (unpaired) electrons. The Morgan fingerprint density at radius 1 is 1.44 bits per heavy atom. The average Bonchev–Trinajstić information content (AvgIpc) is 2.27. The number of rotatable bonds is 9. The summed E-state index contributed by atoms with van der Waals surface area (Å²) in [7, 11) is 0. The van der Waals surface area contributed by atoms with Gasteiger partial charge in [-0.3, -0.25) is 5.32 Å². The topological polar surface area (TPSA) is 45.0 Å². The third-order valence-corrected chi connectivity index (χ3v) is 2.47. The van der Waals surface area contributed by atoms with E-state index in [-0.39, 0.29) is 6.61 Å². The predicted molar refractivity (Wildman–Crippen MR) is 58.4 cm³/mol. The van der Waals surface area contributed by atoms with E-state index in [1.54, 1.807) is 0 Å². The summed E-state index contributed by atoms with van der Waals surface area (Å²) in [4.78, 5) is 0. The number of halogens is 2. The van der Waals surface area contributed by atoms with Crippen molar-refractivity contribution in [2.45, 2.75) is 45.1 Å². The van der Waals surface area contributed by atoms with Crippen LogP contribution in [0.5, 0.6) is 0 Å². The second kappa shape index (κ2) is 8.43. The van der Waals surface area contributed by atoms with Gasteiger partial charge in [-0.05, 0) is 25.8 Å². The molecule has 0 aliphatic heterocycles. The Morgan fingerprint density at radius 3 is 2.56 bits per heavy atom. The van der Waals surface area contributed by atoms with Gasteiger partial charge in [0.2, 0.25) is 0 Å². The summed E-state index contributed by atoms with van der Waals surface area (Å²) in [6.45, 7) is 4.35. The van der Waals surface area contributed by atoms with Crippen molar-refractivity contribution in [2.75, 3.05) is 19.8 Å². The Hall–Kier alpha value is -0.730. The molecule has 1 unspecified atom stereocenters. The summed E-state index contributed by atoms with van der Waals surface area (Å²) in [6.07, 6.45) is -0.481. The van der Waals surface area contributed by atoms with Crippen LogP contribution in [0.25, 0.3) is 0 Å². The number of hydrogen-bond donors (Lipinski definition) is 1. The fraction of sp³-hybridized carbons (Fsp3) is 0.909. The van der Waals surface area contributed by atoms with Crippen LogP contribution in [0.1, 0.15) is 33.1 Å². The summed E-state index contributed by atoms with van der Waals surface area (Å²) in [6, 6.07) is 2.25. The molecule has 1 N–H and O–H groups in total. The van der Waals surface area contributed by atoms with Gasteiger partial charge in [0.15, 0.2) is 0 Å². The third kappa shape index (κ3) is 5.99. The fourth-order valence-electron chi connectivity index (χ4n) is 1.55. The van der Waals surface area contributed by atoms with Gasteiger partial charge in [0, 0.05) is 6.61 Å². The lowest BCUT2D eigenvalue weighted by atomic mass is 9.92. The lowest BCUT2D eigenvalue weighted by molar-refractivity contribution is 0.0151. The van der Waals surface area contributed by atoms with Crippen LogP contribution >= 0.6 is 0 Å². The van der Waals surface area contributed by atoms with Crippen molar-refractivity contribution in [3.8, 4) is 6.07 Å². The summed E-state index contributed by atoms with van der Waals surface area (Å²) in [5.74, 6) is 0. The van der Waals surface area contributed by atoms with Gasteiger partial charge < -0.3 is 4.74 Å². The zero-order valence-corrected chi connectivity index (χ0v) is 9.93. The van der Waals surface area contributed by atoms with E-state index in [0.29, 0.717) is 19.3 Å². The first kappa shape index (κ1) is 15.3. The molecule has 16 heavy (non-hydrogen) atoms. The molecule has 0 aromatic rings. The quantitative estimate of drug-likeness (QED) is 0.623. The Morgan fingerprint density at radius 2 is 2.12 bits per heavy atom. The van der Waals surface area contributed by atoms with Crippen LogP contribution in [0.4, 0.5) is 8.78 Å². The maximum absolute atomic E-state index is 11.8. The fourth-order valence-corrected chi connectivity index (χ4v) is 1.55. The first-order valence-electron chi connectivity index (χ1n) is 5.62. The molecular formula is C11H20F2N2O. The molecule has 0 amide bonds. The maximum atomic E-state index is 11.8. The molecule has 5 heteroatoms. The van der Waals surface area contributed by atoms with Gasteiger partial charge in [-0.15, -0.1) is 0 Å². The highest BCUT2D eigenvalue weighted by atomic mass is 19.3. The molecule has 0 saturated heterocycles. The normalized spacial score (nSPS) is 14.8. The number of nitrogens with zero attached hydrogens (tertiary/aromatic N) is 1. The smallest absolute Gasteiger partial charge is 0.261 e. The van der Waals surface area contributed by atoms with Crippen LogP contribution in [-0.4, -0.2) is 31.7 Å². The van der Waals surface area contributed by atoms with Crippen molar-refractivity contribution >= 4 is 0 Å². The van der Waals surface area contributed by atoms with E-state index in [9.17, 15) is 8.78 Å². The molecule has 0 aliphatic carbocycles. The maximum Gasteiger partial charge on any atom is 0.261 e. The van der Waals surface area contributed by atoms with Crippen LogP contribution in [0.2, 0.25) is 0 Å². The van der Waals surface area contributed by atoms with Gasteiger partial charge >= 0.3 is 0 Å². The zero-order valence-electron chi connectivity index (χ0n) is 9.93. The number of hydrogen-bond acceptors (Lipinski definition) is 3. The second-order valence-corrected chi connectivity index (χ2v) is 3.65. The molecule has 0 fully saturated rings. The first-order valence-corrected chi connectivity index (χ1v) is 5.62. The molecule has 3 nitrogen and oxygen atoms in total. The van der Waals surface area contributed by atoms with Crippen molar-refractivity contribution < 1.29 is 13.5 Å². The SMILES string of the molecule is CCNC(C#N)(CC)CCCOCC(F)F. The van der Waals surface area contributed by atoms with Gasteiger partial charge in [0.05, 0.1) is 6.07 Å². The van der Waals surface area contributed by atoms with Crippen LogP contribution in [0, 0.1) is 11.3 Å². The molecule has 0 aromatic carbocycles. The van der Waals surface area contributed by atoms with Crippen LogP contribution < -0.4 is 5.32 Å². The van der Waals surface area contributed by atoms with Crippen molar-refractivity contribution in [2.24, 2.45) is 0 Å². The molecule has 0 rings (SSSR count). The summed E-state index contributed by atoms with van der Waals surface area (Å²) in [5, 5.41) is 12.2. The van der Waals surface area contributed by atoms with Crippen LogP contribution in [-0.2, 0) is 4.74 Å². The monoisotopic (exact) mass is 234 g/mol. The molecular weight excluding hydrogens is 214 g/mol. The molecule has 94 valence electrons. The third-order valence-electron chi connectivity index (χ3n) is 2.47. The number of ether oxygens (including phenoxy) is 1. The summed E-state index contributed by atoms with van der Waals surface area (Å²) >= 11 is 0. The van der Waals surface area contributed by atoms with Crippen LogP contribution in [0.3, 0.4) is 0 Å². The second-order valence-electron chi connectivity index (χ2n) is 3.65. The lowest BCUT2D eigenvalue weighted by Gasteiger charge is -2.25. The molecule has 1 atom stereocenters. The van der Waals surface area contributed by atoms with Crippen molar-refractivity contribution in [3.63, 3.8) is 0 Å². The molecule has 0 spiro atoms. The molecule has 0 heterocycles. The molecule has 0 aliphatic rings. The number of nitriles is 1. The van der Waals surface area contributed by atoms with E-state index in [1.165, 1.54) is 0 Å². The Bertz CT molecular complexity index is 219. The highest BCUT2D eigenvalue weighted by Crippen LogP contribution is 2.16. The summed E-state index contributed by atoms with van der Waals surface area (Å²) in [5.41, 5.74) is -0.539. The zero-order chi connectivity index (χ0) is 12.4. The highest BCUT2D eigenvalue weighted by molar-refractivity contribution is 5.05. The van der Waals surface area contributed by atoms with Crippen molar-refractivity contribution in [3.05, 3.63) is 0 Å². The minimum atomic E-state index is -2.42. The first-order chi connectivity index (χ1) is 7.60. The van der Waals surface area contributed by atoms with Crippen molar-refractivity contribution in [1.29, 1.82) is 5.26 Å². The Kier molecular flexibility index (Phi) is 8.04. The van der Waals surface area contributed by atoms with E-state index >= 15 is 0 Å². The lowest BCUT2D eigenvalue weighted by Crippen LogP contribution is -2.43. The minimum Gasteiger partial charge on any atom is -0.376 e. The molecule has 0 saturated carbocycles. The number of nitrogens with one attached hydrogen (secondary N) is 1. The van der Waals surface area contributed by atoms with Crippen LogP contribution in [0.15, 0.2) is 0 Å². The number of alkyl halides is 2. The standard InChI is InChI=1S/C11H20F2N2O/c1-3-11(9-14,15-4-2)6-5-7-16-8-10(12)13/h10,15H,3-8H2,1-2H3. The van der Waals surface area contributed by atoms with E-state index in [2.05, 4.69) is 11.4 Å². The Balaban J connectivity index is 3.81. The van der Waals surface area contributed by atoms with Gasteiger partial charge in [0.1, 0.15) is 12.1 Å². The van der Waals surface area contributed by atoms with Gasteiger partial charge in [-0.25, -0.2) is 8.78 Å². The van der Waals surface area contributed by atoms with Gasteiger partial charge in [-0.1, -0.05) is 13.8 Å². The minimum absolute atomic E-state index is 0.277. The van der Waals surface area contributed by atoms with E-state index in [1.807, 2.05) is 13.8 Å². The highest BCUT2D eigenvalue weighted by Gasteiger charge is 2.25. The van der Waals surface area contributed by atoms with E-state index in [0.717, 1.165) is 6.54 Å². The van der Waals surface area contributed by atoms with Crippen molar-refractivity contribution in [1.82, 2.24) is 5.32 Å². The average molecular weight is 234 g/mol. The Labute approximate surface area is 95.8 Å². The van der Waals surface area contributed by atoms with E-state index in [4.69, 9.17) is 10.00 Å². The van der Waals surface area contributed by atoms with E-state index < -0.39 is 18.6 Å². The summed E-state index contributed by atoms with van der Waals surface area (Å²) < 4.78 is 28.3. The predicted octanol–water partition coefficient (Wildman–Crippen LogP) is 2.33.